The van der Waals surface area contributed by atoms with Crippen molar-refractivity contribution in [2.45, 2.75) is 79.1 Å². The highest BCUT2D eigenvalue weighted by molar-refractivity contribution is 5.83. The maximum atomic E-state index is 12.2. The van der Waals surface area contributed by atoms with Gasteiger partial charge in [0, 0.05) is 18.8 Å². The molecule has 3 saturated carbocycles. The summed E-state index contributed by atoms with van der Waals surface area (Å²) in [6, 6.07) is 0. The minimum absolute atomic E-state index is 0.228. The fourth-order valence-corrected chi connectivity index (χ4v) is 7.59. The van der Waals surface area contributed by atoms with Gasteiger partial charge >= 0.3 is 0 Å². The Morgan fingerprint density at radius 1 is 1.08 bits per heavy atom. The predicted molar refractivity (Wildman–Crippen MR) is 95.5 cm³/mol. The minimum Gasteiger partial charge on any atom is -0.300 e. The van der Waals surface area contributed by atoms with Crippen LogP contribution < -0.4 is 0 Å². The Bertz CT molecular complexity index is 630. The number of Topliss-reactive ketones (excluding diaryl/α,β-unsaturated/α-hetero) is 2. The Balaban J connectivity index is 1.72. The van der Waals surface area contributed by atoms with Gasteiger partial charge < -0.3 is 0 Å². The van der Waals surface area contributed by atoms with Crippen molar-refractivity contribution in [1.82, 2.24) is 0 Å². The first-order valence-electron chi connectivity index (χ1n) is 9.98. The van der Waals surface area contributed by atoms with Crippen molar-refractivity contribution in [3.05, 3.63) is 11.1 Å². The molecule has 0 spiro atoms. The van der Waals surface area contributed by atoms with E-state index in [0.717, 1.165) is 31.1 Å². The standard InChI is InChI=1S/C22H32O2/c1-13-11-16-18-6-5-17(14(2)23)21(18,3)10-8-19(16)22(4)9-7-15(24)12-20(13)22/h16-19H,5-12H2,1-4H3/t16-,17+,18-,19-,21+,22+/m0/s1. The average molecular weight is 328 g/mol. The SMILES string of the molecule is CC(=O)[C@H]1CC[C@H]2[C@@H]3CC(C)=C4CC(=O)CC[C@]4(C)[C@H]3CC[C@]12C. The van der Waals surface area contributed by atoms with Crippen molar-refractivity contribution in [3.63, 3.8) is 0 Å². The van der Waals surface area contributed by atoms with E-state index in [-0.39, 0.29) is 16.7 Å². The Morgan fingerprint density at radius 2 is 1.83 bits per heavy atom. The highest BCUT2D eigenvalue weighted by atomic mass is 16.1. The van der Waals surface area contributed by atoms with Crippen LogP contribution in [-0.2, 0) is 9.59 Å². The largest absolute Gasteiger partial charge is 0.300 e. The van der Waals surface area contributed by atoms with E-state index in [1.54, 1.807) is 0 Å². The number of allylic oxidation sites excluding steroid dienone is 2. The van der Waals surface area contributed by atoms with Gasteiger partial charge in [0.05, 0.1) is 0 Å². The van der Waals surface area contributed by atoms with Gasteiger partial charge in [-0.05, 0) is 81.0 Å². The van der Waals surface area contributed by atoms with Crippen LogP contribution in [0.25, 0.3) is 0 Å². The number of ketones is 2. The monoisotopic (exact) mass is 328 g/mol. The molecular weight excluding hydrogens is 296 g/mol. The molecule has 4 aliphatic rings. The molecule has 0 aliphatic heterocycles. The normalized spacial score (nSPS) is 47.9. The summed E-state index contributed by atoms with van der Waals surface area (Å²) in [5.74, 6) is 3.31. The fraction of sp³-hybridized carbons (Fsp3) is 0.818. The predicted octanol–water partition coefficient (Wildman–Crippen LogP) is 5.11. The Kier molecular flexibility index (Phi) is 3.64. The first kappa shape index (κ1) is 16.5. The zero-order valence-corrected chi connectivity index (χ0v) is 15.8. The van der Waals surface area contributed by atoms with Crippen LogP contribution in [0.4, 0.5) is 0 Å². The third-order valence-corrected chi connectivity index (χ3v) is 8.79. The van der Waals surface area contributed by atoms with Crippen molar-refractivity contribution in [2.75, 3.05) is 0 Å². The lowest BCUT2D eigenvalue weighted by atomic mass is 9.46. The number of fused-ring (bicyclic) bond motifs is 5. The van der Waals surface area contributed by atoms with E-state index >= 15 is 0 Å². The van der Waals surface area contributed by atoms with Crippen LogP contribution in [0.1, 0.15) is 79.1 Å². The van der Waals surface area contributed by atoms with Crippen molar-refractivity contribution in [2.24, 2.45) is 34.5 Å². The van der Waals surface area contributed by atoms with E-state index in [9.17, 15) is 9.59 Å². The zero-order valence-electron chi connectivity index (χ0n) is 15.8. The van der Waals surface area contributed by atoms with Gasteiger partial charge in [-0.2, -0.15) is 0 Å². The lowest BCUT2D eigenvalue weighted by Crippen LogP contribution is -2.51. The van der Waals surface area contributed by atoms with Gasteiger partial charge in [0.25, 0.3) is 0 Å². The lowest BCUT2D eigenvalue weighted by Gasteiger charge is -2.58. The van der Waals surface area contributed by atoms with Crippen LogP contribution in [-0.4, -0.2) is 11.6 Å². The topological polar surface area (TPSA) is 34.1 Å². The molecule has 132 valence electrons. The molecule has 3 fully saturated rings. The van der Waals surface area contributed by atoms with E-state index in [1.165, 1.54) is 36.8 Å². The number of hydrogen-bond acceptors (Lipinski definition) is 2. The van der Waals surface area contributed by atoms with E-state index in [2.05, 4.69) is 20.8 Å². The summed E-state index contributed by atoms with van der Waals surface area (Å²) in [5.41, 5.74) is 3.47. The van der Waals surface area contributed by atoms with Crippen LogP contribution in [0.5, 0.6) is 0 Å². The average Bonchev–Trinajstić information content (AvgIpc) is 2.87. The molecule has 0 amide bonds. The quantitative estimate of drug-likeness (QED) is 0.627. The summed E-state index contributed by atoms with van der Waals surface area (Å²) in [5, 5.41) is 0. The Hall–Kier alpha value is -0.920. The second-order valence-electron chi connectivity index (χ2n) is 9.76. The number of rotatable bonds is 1. The van der Waals surface area contributed by atoms with Crippen LogP contribution in [0, 0.1) is 34.5 Å². The van der Waals surface area contributed by atoms with E-state index in [1.807, 2.05) is 6.92 Å². The van der Waals surface area contributed by atoms with Crippen LogP contribution >= 0.6 is 0 Å². The molecule has 0 radical (unpaired) electrons. The lowest BCUT2D eigenvalue weighted by molar-refractivity contribution is -0.129. The summed E-state index contributed by atoms with van der Waals surface area (Å²) in [6.45, 7) is 8.96. The van der Waals surface area contributed by atoms with Gasteiger partial charge in [-0.15, -0.1) is 0 Å². The molecular formula is C22H32O2. The molecule has 0 bridgehead atoms. The summed E-state index contributed by atoms with van der Waals surface area (Å²) in [4.78, 5) is 24.3. The number of carbonyl (C=O) groups is 2. The Labute approximate surface area is 146 Å². The molecule has 0 aromatic rings. The molecule has 4 aliphatic carbocycles. The van der Waals surface area contributed by atoms with Gasteiger partial charge in [0.2, 0.25) is 0 Å². The fourth-order valence-electron chi connectivity index (χ4n) is 7.59. The first-order valence-corrected chi connectivity index (χ1v) is 9.98. The molecule has 0 N–H and O–H groups in total. The summed E-state index contributed by atoms with van der Waals surface area (Å²) < 4.78 is 0. The van der Waals surface area contributed by atoms with Crippen molar-refractivity contribution in [1.29, 1.82) is 0 Å². The molecule has 6 atom stereocenters. The van der Waals surface area contributed by atoms with Gasteiger partial charge in [-0.25, -0.2) is 0 Å². The zero-order chi connectivity index (χ0) is 17.3. The molecule has 0 aromatic heterocycles. The minimum atomic E-state index is 0.228. The molecule has 0 aromatic carbocycles. The van der Waals surface area contributed by atoms with Crippen LogP contribution in [0.3, 0.4) is 0 Å². The molecule has 24 heavy (non-hydrogen) atoms. The molecule has 0 saturated heterocycles. The number of hydrogen-bond donors (Lipinski definition) is 0. The highest BCUT2D eigenvalue weighted by Gasteiger charge is 2.59. The summed E-state index contributed by atoms with van der Waals surface area (Å²) >= 11 is 0. The van der Waals surface area contributed by atoms with Crippen molar-refractivity contribution >= 4 is 11.6 Å². The molecule has 0 heterocycles. The maximum Gasteiger partial charge on any atom is 0.136 e. The van der Waals surface area contributed by atoms with Crippen LogP contribution in [0.15, 0.2) is 11.1 Å². The second-order valence-corrected chi connectivity index (χ2v) is 9.76. The van der Waals surface area contributed by atoms with Gasteiger partial charge in [-0.1, -0.05) is 25.0 Å². The summed E-state index contributed by atoms with van der Waals surface area (Å²) in [6.07, 6.45) is 8.51. The first-order chi connectivity index (χ1) is 11.3. The van der Waals surface area contributed by atoms with Gasteiger partial charge in [-0.3, -0.25) is 9.59 Å². The molecule has 4 rings (SSSR count). The molecule has 2 nitrogen and oxygen atoms in total. The van der Waals surface area contributed by atoms with Crippen molar-refractivity contribution in [3.8, 4) is 0 Å². The smallest absolute Gasteiger partial charge is 0.136 e. The molecule has 0 unspecified atom stereocenters. The van der Waals surface area contributed by atoms with Gasteiger partial charge in [0.1, 0.15) is 11.6 Å². The van der Waals surface area contributed by atoms with Gasteiger partial charge in [0.15, 0.2) is 0 Å². The number of carbonyl (C=O) groups excluding carboxylic acids is 2. The third kappa shape index (κ3) is 2.07. The third-order valence-electron chi connectivity index (χ3n) is 8.79. The second kappa shape index (κ2) is 5.29. The van der Waals surface area contributed by atoms with E-state index in [4.69, 9.17) is 0 Å². The highest BCUT2D eigenvalue weighted by Crippen LogP contribution is 2.67. The maximum absolute atomic E-state index is 12.2. The summed E-state index contributed by atoms with van der Waals surface area (Å²) in [7, 11) is 0. The molecule has 2 heteroatoms. The van der Waals surface area contributed by atoms with E-state index in [0.29, 0.717) is 23.9 Å². The van der Waals surface area contributed by atoms with Crippen molar-refractivity contribution < 1.29 is 9.59 Å². The van der Waals surface area contributed by atoms with Crippen LogP contribution in [0.2, 0.25) is 0 Å². The van der Waals surface area contributed by atoms with E-state index < -0.39 is 0 Å². The Morgan fingerprint density at radius 3 is 2.54 bits per heavy atom.